The number of para-hydroxylation sites is 1. The van der Waals surface area contributed by atoms with Crippen molar-refractivity contribution < 1.29 is 4.39 Å². The quantitative estimate of drug-likeness (QED) is 0.695. The largest absolute Gasteiger partial charge is 0.319 e. The predicted molar refractivity (Wildman–Crippen MR) is 86.5 cm³/mol. The van der Waals surface area contributed by atoms with E-state index >= 15 is 0 Å². The number of hydrogen-bond acceptors (Lipinski definition) is 3. The summed E-state index contributed by atoms with van der Waals surface area (Å²) in [5.74, 6) is -0.273. The van der Waals surface area contributed by atoms with E-state index in [0.717, 1.165) is 20.5 Å². The van der Waals surface area contributed by atoms with Gasteiger partial charge in [0.2, 0.25) is 0 Å². The van der Waals surface area contributed by atoms with E-state index in [1.54, 1.807) is 16.9 Å². The smallest absolute Gasteiger partial charge is 0.124 e. The lowest BCUT2D eigenvalue weighted by Gasteiger charge is -2.15. The van der Waals surface area contributed by atoms with Gasteiger partial charge in [-0.15, -0.1) is 5.10 Å². The molecule has 0 fully saturated rings. The molecule has 0 bridgehead atoms. The van der Waals surface area contributed by atoms with Gasteiger partial charge < -0.3 is 5.73 Å². The summed E-state index contributed by atoms with van der Waals surface area (Å²) >= 11 is 2.08. The van der Waals surface area contributed by atoms with Crippen LogP contribution in [-0.2, 0) is 0 Å². The molecule has 0 spiro atoms. The first-order valence-corrected chi connectivity index (χ1v) is 7.41. The van der Waals surface area contributed by atoms with E-state index in [-0.39, 0.29) is 5.82 Å². The van der Waals surface area contributed by atoms with Crippen molar-refractivity contribution in [2.45, 2.75) is 6.04 Å². The number of nitrogens with two attached hydrogens (primary N) is 1. The van der Waals surface area contributed by atoms with Gasteiger partial charge in [0.05, 0.1) is 23.6 Å². The van der Waals surface area contributed by atoms with Crippen molar-refractivity contribution in [1.29, 1.82) is 0 Å². The molecule has 0 aliphatic carbocycles. The summed E-state index contributed by atoms with van der Waals surface area (Å²) < 4.78 is 15.7. The molecule has 1 heterocycles. The molecule has 2 N–H and O–H groups in total. The Balaban J connectivity index is 2.03. The Bertz CT molecular complexity index is 757. The van der Waals surface area contributed by atoms with Crippen molar-refractivity contribution in [2.75, 3.05) is 0 Å². The highest BCUT2D eigenvalue weighted by atomic mass is 127. The van der Waals surface area contributed by atoms with Gasteiger partial charge in [-0.1, -0.05) is 29.5 Å². The van der Waals surface area contributed by atoms with Gasteiger partial charge in [0.1, 0.15) is 5.82 Å². The fraction of sp³-hybridized carbons (Fsp3) is 0.0667. The highest BCUT2D eigenvalue weighted by Gasteiger charge is 2.18. The number of nitrogens with zero attached hydrogens (tertiary/aromatic N) is 3. The summed E-state index contributed by atoms with van der Waals surface area (Å²) in [6.45, 7) is 0. The fourth-order valence-corrected chi connectivity index (χ4v) is 2.95. The predicted octanol–water partition coefficient (Wildman–Crippen LogP) is 3.06. The average Bonchev–Trinajstić information content (AvgIpc) is 2.97. The Kier molecular flexibility index (Phi) is 3.98. The lowest BCUT2D eigenvalue weighted by Crippen LogP contribution is -2.18. The molecular weight excluding hydrogens is 382 g/mol. The summed E-state index contributed by atoms with van der Waals surface area (Å²) in [5, 5.41) is 8.04. The Morgan fingerprint density at radius 3 is 2.62 bits per heavy atom. The number of rotatable bonds is 3. The van der Waals surface area contributed by atoms with Crippen molar-refractivity contribution in [3.05, 3.63) is 75.4 Å². The van der Waals surface area contributed by atoms with E-state index < -0.39 is 6.04 Å². The molecule has 0 saturated carbocycles. The highest BCUT2D eigenvalue weighted by molar-refractivity contribution is 14.1. The summed E-state index contributed by atoms with van der Waals surface area (Å²) in [6, 6.07) is 13.8. The molecular formula is C15H12FIN4. The normalized spacial score (nSPS) is 12.3. The summed E-state index contributed by atoms with van der Waals surface area (Å²) in [4.78, 5) is 0. The topological polar surface area (TPSA) is 56.7 Å². The van der Waals surface area contributed by atoms with Crippen LogP contribution in [0.5, 0.6) is 0 Å². The van der Waals surface area contributed by atoms with Crippen LogP contribution in [0.2, 0.25) is 0 Å². The molecule has 4 nitrogen and oxygen atoms in total. The first-order valence-electron chi connectivity index (χ1n) is 6.33. The Morgan fingerprint density at radius 2 is 1.90 bits per heavy atom. The van der Waals surface area contributed by atoms with Crippen LogP contribution in [0.15, 0.2) is 54.7 Å². The first kappa shape index (κ1) is 14.2. The monoisotopic (exact) mass is 394 g/mol. The maximum absolute atomic E-state index is 13.2. The SMILES string of the molecule is NC(c1ccc(F)cc1I)c1cnnn1-c1ccccc1. The second kappa shape index (κ2) is 5.90. The maximum Gasteiger partial charge on any atom is 0.124 e. The van der Waals surface area contributed by atoms with Crippen LogP contribution >= 0.6 is 22.6 Å². The van der Waals surface area contributed by atoms with Crippen molar-refractivity contribution >= 4 is 22.6 Å². The van der Waals surface area contributed by atoms with E-state index in [0.29, 0.717) is 0 Å². The van der Waals surface area contributed by atoms with Gasteiger partial charge in [-0.2, -0.15) is 0 Å². The summed E-state index contributed by atoms with van der Waals surface area (Å²) in [6.07, 6.45) is 1.64. The summed E-state index contributed by atoms with van der Waals surface area (Å²) in [5.41, 5.74) is 8.81. The number of hydrogen-bond donors (Lipinski definition) is 1. The van der Waals surface area contributed by atoms with E-state index in [1.165, 1.54) is 12.1 Å². The molecule has 1 aromatic heterocycles. The molecule has 1 atom stereocenters. The van der Waals surface area contributed by atoms with E-state index in [4.69, 9.17) is 5.73 Å². The zero-order valence-electron chi connectivity index (χ0n) is 10.9. The van der Waals surface area contributed by atoms with Gasteiger partial charge in [0.15, 0.2) is 0 Å². The summed E-state index contributed by atoms with van der Waals surface area (Å²) in [7, 11) is 0. The van der Waals surface area contributed by atoms with Crippen molar-refractivity contribution in [3.63, 3.8) is 0 Å². The van der Waals surface area contributed by atoms with Gasteiger partial charge in [-0.05, 0) is 52.4 Å². The van der Waals surface area contributed by atoms with Gasteiger partial charge in [-0.25, -0.2) is 9.07 Å². The van der Waals surface area contributed by atoms with Crippen LogP contribution in [-0.4, -0.2) is 15.0 Å². The third kappa shape index (κ3) is 2.81. The molecule has 2 aromatic carbocycles. The number of aromatic nitrogens is 3. The molecule has 0 aliphatic rings. The van der Waals surface area contributed by atoms with Gasteiger partial charge >= 0.3 is 0 Å². The van der Waals surface area contributed by atoms with Crippen molar-refractivity contribution in [2.24, 2.45) is 5.73 Å². The van der Waals surface area contributed by atoms with Crippen LogP contribution in [0.3, 0.4) is 0 Å². The molecule has 3 rings (SSSR count). The minimum atomic E-state index is -0.423. The van der Waals surface area contributed by atoms with Crippen LogP contribution in [0.1, 0.15) is 17.3 Å². The van der Waals surface area contributed by atoms with Crippen LogP contribution < -0.4 is 5.73 Å². The zero-order chi connectivity index (χ0) is 14.8. The van der Waals surface area contributed by atoms with E-state index in [1.807, 2.05) is 30.3 Å². The highest BCUT2D eigenvalue weighted by Crippen LogP contribution is 2.25. The minimum Gasteiger partial charge on any atom is -0.319 e. The lowest BCUT2D eigenvalue weighted by molar-refractivity contribution is 0.624. The van der Waals surface area contributed by atoms with Gasteiger partial charge in [-0.3, -0.25) is 0 Å². The van der Waals surface area contributed by atoms with Crippen molar-refractivity contribution in [1.82, 2.24) is 15.0 Å². The van der Waals surface area contributed by atoms with Gasteiger partial charge in [0.25, 0.3) is 0 Å². The third-order valence-corrected chi connectivity index (χ3v) is 4.13. The van der Waals surface area contributed by atoms with Crippen LogP contribution in [0, 0.1) is 9.39 Å². The Hall–Kier alpha value is -1.80. The van der Waals surface area contributed by atoms with Crippen molar-refractivity contribution in [3.8, 4) is 5.69 Å². The zero-order valence-corrected chi connectivity index (χ0v) is 13.1. The molecule has 0 aliphatic heterocycles. The molecule has 3 aromatic rings. The number of benzene rings is 2. The minimum absolute atomic E-state index is 0.273. The maximum atomic E-state index is 13.2. The average molecular weight is 394 g/mol. The Morgan fingerprint density at radius 1 is 1.14 bits per heavy atom. The lowest BCUT2D eigenvalue weighted by atomic mass is 10.0. The van der Waals surface area contributed by atoms with Gasteiger partial charge in [0, 0.05) is 3.57 Å². The fourth-order valence-electron chi connectivity index (χ4n) is 2.14. The standard InChI is InChI=1S/C15H12FIN4/c16-10-6-7-12(13(17)8-10)15(18)14-9-19-20-21(14)11-4-2-1-3-5-11/h1-9,15H,18H2. The van der Waals surface area contributed by atoms with Crippen LogP contribution in [0.25, 0.3) is 5.69 Å². The van der Waals surface area contributed by atoms with E-state index in [2.05, 4.69) is 32.9 Å². The molecule has 21 heavy (non-hydrogen) atoms. The Labute approximate surface area is 134 Å². The first-order chi connectivity index (χ1) is 10.2. The van der Waals surface area contributed by atoms with E-state index in [9.17, 15) is 4.39 Å². The van der Waals surface area contributed by atoms with Crippen LogP contribution in [0.4, 0.5) is 4.39 Å². The molecule has 0 saturated heterocycles. The molecule has 1 unspecified atom stereocenters. The molecule has 6 heteroatoms. The molecule has 0 radical (unpaired) electrons. The number of halogens is 2. The molecule has 0 amide bonds. The second-order valence-corrected chi connectivity index (χ2v) is 5.71. The third-order valence-electron chi connectivity index (χ3n) is 3.19. The second-order valence-electron chi connectivity index (χ2n) is 4.55. The molecule has 106 valence electrons.